The number of carboxylic acid groups (broad SMARTS) is 1. The third-order valence-electron chi connectivity index (χ3n) is 8.22. The molecule has 1 amide bonds. The second-order valence-corrected chi connectivity index (χ2v) is 12.5. The van der Waals surface area contributed by atoms with Gasteiger partial charge in [-0.2, -0.15) is 13.2 Å². The molecule has 2 heterocycles. The van der Waals surface area contributed by atoms with Gasteiger partial charge in [-0.25, -0.2) is 13.8 Å². The lowest BCUT2D eigenvalue weighted by Crippen LogP contribution is -2.41. The van der Waals surface area contributed by atoms with Gasteiger partial charge in [-0.3, -0.25) is 14.4 Å². The molecule has 0 aliphatic heterocycles. The monoisotopic (exact) mass is 696 g/mol. The molecule has 0 fully saturated rings. The predicted octanol–water partition coefficient (Wildman–Crippen LogP) is 7.16. The molecule has 0 aliphatic carbocycles. The molecule has 2 aromatic carbocycles. The van der Waals surface area contributed by atoms with E-state index in [4.69, 9.17) is 0 Å². The smallest absolute Gasteiger partial charge is 0.416 e. The highest BCUT2D eigenvalue weighted by Crippen LogP contribution is 2.35. The number of nitrogens with one attached hydrogen (secondary N) is 1. The van der Waals surface area contributed by atoms with Crippen LogP contribution in [0.25, 0.3) is 11.1 Å². The summed E-state index contributed by atoms with van der Waals surface area (Å²) >= 11 is 0. The summed E-state index contributed by atoms with van der Waals surface area (Å²) in [6.07, 6.45) is -0.299. The van der Waals surface area contributed by atoms with Crippen LogP contribution in [-0.4, -0.2) is 31.1 Å². The standard InChI is InChI=1S/C37H37F5N4O4/c1-6-7-24-15-26(34-22(4)13-27(38)14-23(34)5)16-28(35(24)39)30(18-33(48)49)44-36(50)31(12-21(2)3)46-19-25(8-10-45-11-9-43-20-45)29(17-32(46)47)37(40,41)42/h9,11,13-17,19-21,30-31H,8,10,12,18H2,1-5H3,(H,44,50)(H,48,49)/t30-,31+/m1/s1. The fourth-order valence-electron chi connectivity index (χ4n) is 6.08. The average Bonchev–Trinajstić information content (AvgIpc) is 3.53. The van der Waals surface area contributed by atoms with E-state index in [0.29, 0.717) is 28.3 Å². The lowest BCUT2D eigenvalue weighted by molar-refractivity contribution is -0.139. The molecule has 0 spiro atoms. The normalized spacial score (nSPS) is 12.7. The molecule has 4 rings (SSSR count). The van der Waals surface area contributed by atoms with Gasteiger partial charge < -0.3 is 19.6 Å². The molecule has 0 saturated carbocycles. The van der Waals surface area contributed by atoms with Gasteiger partial charge in [-0.05, 0) is 91.6 Å². The molecule has 0 saturated heterocycles. The van der Waals surface area contributed by atoms with Crippen molar-refractivity contribution in [1.29, 1.82) is 0 Å². The first-order valence-electron chi connectivity index (χ1n) is 15.8. The Labute approximate surface area is 286 Å². The highest BCUT2D eigenvalue weighted by atomic mass is 19.4. The first-order chi connectivity index (χ1) is 23.5. The number of nitrogens with zero attached hydrogens (tertiary/aromatic N) is 3. The third kappa shape index (κ3) is 8.85. The summed E-state index contributed by atoms with van der Waals surface area (Å²) in [5.74, 6) is 1.39. The van der Waals surface area contributed by atoms with Crippen molar-refractivity contribution in [2.45, 2.75) is 78.7 Å². The van der Waals surface area contributed by atoms with E-state index < -0.39 is 59.3 Å². The summed E-state index contributed by atoms with van der Waals surface area (Å²) in [6, 6.07) is 3.01. The summed E-state index contributed by atoms with van der Waals surface area (Å²) < 4.78 is 74.9. The number of aryl methyl sites for hydroxylation is 4. The lowest BCUT2D eigenvalue weighted by atomic mass is 9.90. The number of amides is 1. The summed E-state index contributed by atoms with van der Waals surface area (Å²) in [7, 11) is 0. The van der Waals surface area contributed by atoms with Gasteiger partial charge in [-0.15, -0.1) is 5.92 Å². The van der Waals surface area contributed by atoms with Gasteiger partial charge in [0.25, 0.3) is 5.56 Å². The zero-order valence-electron chi connectivity index (χ0n) is 28.2. The fraction of sp³-hybridized carbons (Fsp3) is 0.351. The van der Waals surface area contributed by atoms with E-state index >= 15 is 4.39 Å². The van der Waals surface area contributed by atoms with Crippen molar-refractivity contribution in [1.82, 2.24) is 19.4 Å². The second-order valence-electron chi connectivity index (χ2n) is 12.5. The van der Waals surface area contributed by atoms with E-state index in [1.807, 2.05) is 0 Å². The van der Waals surface area contributed by atoms with Crippen molar-refractivity contribution in [2.75, 3.05) is 0 Å². The summed E-state index contributed by atoms with van der Waals surface area (Å²) in [4.78, 5) is 43.3. The van der Waals surface area contributed by atoms with Crippen LogP contribution in [0.15, 0.2) is 60.0 Å². The maximum Gasteiger partial charge on any atom is 0.416 e. The SMILES string of the molecule is CC#Cc1cc(-c2c(C)cc(F)cc2C)cc([C@@H](CC(=O)O)NC(=O)[C@H](CC(C)C)n2cc(CCn3ccnc3)c(C(F)(F)F)cc2=O)c1F. The Morgan fingerprint density at radius 1 is 1.06 bits per heavy atom. The van der Waals surface area contributed by atoms with E-state index in [1.54, 1.807) is 38.5 Å². The maximum absolute atomic E-state index is 16.1. The Hall–Kier alpha value is -5.25. The van der Waals surface area contributed by atoms with E-state index in [2.05, 4.69) is 22.1 Å². The molecule has 0 bridgehead atoms. The number of imidazole rings is 1. The molecule has 2 aromatic heterocycles. The van der Waals surface area contributed by atoms with Crippen LogP contribution in [0, 0.1) is 43.2 Å². The molecular weight excluding hydrogens is 659 g/mol. The Kier molecular flexibility index (Phi) is 11.7. The van der Waals surface area contributed by atoms with E-state index in [-0.39, 0.29) is 42.0 Å². The molecular formula is C37H37F5N4O4. The number of halogens is 5. The Morgan fingerprint density at radius 3 is 2.30 bits per heavy atom. The van der Waals surface area contributed by atoms with Crippen molar-refractivity contribution >= 4 is 11.9 Å². The van der Waals surface area contributed by atoms with Gasteiger partial charge in [0.1, 0.15) is 17.7 Å². The van der Waals surface area contributed by atoms with Gasteiger partial charge in [0, 0.05) is 36.8 Å². The Balaban J connectivity index is 1.83. The van der Waals surface area contributed by atoms with Crippen molar-refractivity contribution in [3.05, 3.63) is 111 Å². The number of carbonyl (C=O) groups is 2. The molecule has 2 atom stereocenters. The minimum atomic E-state index is -4.85. The zero-order valence-corrected chi connectivity index (χ0v) is 28.2. The number of pyridine rings is 1. The number of aliphatic carboxylic acids is 1. The molecule has 50 heavy (non-hydrogen) atoms. The second kappa shape index (κ2) is 15.5. The van der Waals surface area contributed by atoms with Gasteiger partial charge in [0.05, 0.1) is 29.9 Å². The molecule has 13 heteroatoms. The van der Waals surface area contributed by atoms with E-state index in [0.717, 1.165) is 10.8 Å². The third-order valence-corrected chi connectivity index (χ3v) is 8.22. The number of hydrogen-bond donors (Lipinski definition) is 2. The number of rotatable bonds is 12. The minimum absolute atomic E-state index is 0.0130. The van der Waals surface area contributed by atoms with Crippen LogP contribution < -0.4 is 10.9 Å². The van der Waals surface area contributed by atoms with Crippen LogP contribution in [-0.2, 0) is 28.7 Å². The lowest BCUT2D eigenvalue weighted by Gasteiger charge is -2.27. The molecule has 0 aliphatic rings. The number of aromatic nitrogens is 3. The Bertz CT molecular complexity index is 1980. The van der Waals surface area contributed by atoms with Crippen molar-refractivity contribution in [3.63, 3.8) is 0 Å². The molecule has 264 valence electrons. The largest absolute Gasteiger partial charge is 0.481 e. The minimum Gasteiger partial charge on any atom is -0.481 e. The fourth-order valence-corrected chi connectivity index (χ4v) is 6.08. The van der Waals surface area contributed by atoms with Gasteiger partial charge in [0.15, 0.2) is 0 Å². The topological polar surface area (TPSA) is 106 Å². The highest BCUT2D eigenvalue weighted by Gasteiger charge is 2.36. The van der Waals surface area contributed by atoms with Gasteiger partial charge >= 0.3 is 12.1 Å². The molecule has 4 aromatic rings. The van der Waals surface area contributed by atoms with Crippen molar-refractivity contribution in [2.24, 2.45) is 5.92 Å². The number of carbonyl (C=O) groups excluding carboxylic acids is 1. The summed E-state index contributed by atoms with van der Waals surface area (Å²) in [6.45, 7) is 8.41. The summed E-state index contributed by atoms with van der Waals surface area (Å²) in [5, 5.41) is 12.4. The van der Waals surface area contributed by atoms with Gasteiger partial charge in [0.2, 0.25) is 5.91 Å². The number of carboxylic acids is 1. The number of benzene rings is 2. The van der Waals surface area contributed by atoms with Crippen molar-refractivity contribution < 1.29 is 36.6 Å². The molecule has 0 radical (unpaired) electrons. The quantitative estimate of drug-likeness (QED) is 0.121. The number of hydrogen-bond acceptors (Lipinski definition) is 4. The highest BCUT2D eigenvalue weighted by molar-refractivity contribution is 5.82. The zero-order chi connectivity index (χ0) is 36.9. The van der Waals surface area contributed by atoms with Crippen LogP contribution in [0.5, 0.6) is 0 Å². The summed E-state index contributed by atoms with van der Waals surface area (Å²) in [5.41, 5.74) is -0.759. The predicted molar refractivity (Wildman–Crippen MR) is 177 cm³/mol. The van der Waals surface area contributed by atoms with Gasteiger partial charge in [-0.1, -0.05) is 19.8 Å². The van der Waals surface area contributed by atoms with Crippen LogP contribution in [0.4, 0.5) is 22.0 Å². The molecule has 0 unspecified atom stereocenters. The average molecular weight is 697 g/mol. The van der Waals surface area contributed by atoms with E-state index in [9.17, 15) is 37.1 Å². The van der Waals surface area contributed by atoms with Crippen molar-refractivity contribution in [3.8, 4) is 23.0 Å². The first kappa shape index (κ1) is 37.6. The molecule has 8 nitrogen and oxygen atoms in total. The van der Waals surface area contributed by atoms with Crippen LogP contribution in [0.3, 0.4) is 0 Å². The maximum atomic E-state index is 16.1. The Morgan fingerprint density at radius 2 is 1.74 bits per heavy atom. The van der Waals surface area contributed by atoms with Crippen LogP contribution in [0.2, 0.25) is 0 Å². The van der Waals surface area contributed by atoms with E-state index in [1.165, 1.54) is 43.7 Å². The van der Waals surface area contributed by atoms with Crippen LogP contribution >= 0.6 is 0 Å². The number of alkyl halides is 3. The molecule has 2 N–H and O–H groups in total. The van der Waals surface area contributed by atoms with Crippen LogP contribution in [0.1, 0.15) is 79.1 Å². The first-order valence-corrected chi connectivity index (χ1v) is 15.8.